The molecule has 1 fully saturated rings. The number of rotatable bonds is 7. The van der Waals surface area contributed by atoms with Crippen molar-refractivity contribution in [3.05, 3.63) is 84.1 Å². The van der Waals surface area contributed by atoms with Crippen LogP contribution in [0.2, 0.25) is 0 Å². The van der Waals surface area contributed by atoms with Gasteiger partial charge in [-0.2, -0.15) is 0 Å². The average Bonchev–Trinajstić information content (AvgIpc) is 3.78. The minimum atomic E-state index is -0.681. The van der Waals surface area contributed by atoms with Gasteiger partial charge in [-0.3, -0.25) is 20.4 Å². The predicted molar refractivity (Wildman–Crippen MR) is 164 cm³/mol. The molecule has 3 N–H and O–H groups in total. The van der Waals surface area contributed by atoms with E-state index in [-0.39, 0.29) is 12.5 Å². The van der Waals surface area contributed by atoms with Gasteiger partial charge in [0.05, 0.1) is 29.1 Å². The highest BCUT2D eigenvalue weighted by Gasteiger charge is 2.30. The van der Waals surface area contributed by atoms with Gasteiger partial charge in [0.25, 0.3) is 5.91 Å². The molecule has 0 spiro atoms. The molecule has 1 aliphatic carbocycles. The normalized spacial score (nSPS) is 12.9. The van der Waals surface area contributed by atoms with E-state index in [0.29, 0.717) is 28.5 Å². The summed E-state index contributed by atoms with van der Waals surface area (Å²) < 4.78 is 10.5. The monoisotopic (exact) mass is 566 g/mol. The third-order valence-corrected chi connectivity index (χ3v) is 6.66. The van der Waals surface area contributed by atoms with Gasteiger partial charge in [0, 0.05) is 22.8 Å². The van der Waals surface area contributed by atoms with Crippen molar-refractivity contribution < 1.29 is 23.9 Å². The number of carbonyl (C=O) groups is 3. The van der Waals surface area contributed by atoms with Crippen molar-refractivity contribution in [3.63, 3.8) is 0 Å². The fourth-order valence-corrected chi connectivity index (χ4v) is 4.69. The van der Waals surface area contributed by atoms with Gasteiger partial charge < -0.3 is 14.8 Å². The number of nitrogens with one attached hydrogen (secondary N) is 3. The molecule has 0 aliphatic heterocycles. The van der Waals surface area contributed by atoms with Crippen molar-refractivity contribution in [2.45, 2.75) is 52.1 Å². The zero-order valence-corrected chi connectivity index (χ0v) is 24.1. The molecule has 0 atom stereocenters. The maximum Gasteiger partial charge on any atom is 0.412 e. The van der Waals surface area contributed by atoms with Gasteiger partial charge >= 0.3 is 12.2 Å². The molecule has 1 heterocycles. The first kappa shape index (κ1) is 28.6. The molecule has 0 unspecified atom stereocenters. The molecule has 216 valence electrons. The summed E-state index contributed by atoms with van der Waals surface area (Å²) in [7, 11) is 0. The third kappa shape index (κ3) is 6.86. The number of ether oxygens (including phenoxy) is 2. The van der Waals surface area contributed by atoms with Gasteiger partial charge in [0.1, 0.15) is 5.60 Å². The summed E-state index contributed by atoms with van der Waals surface area (Å²) in [5.41, 5.74) is 4.67. The highest BCUT2D eigenvalue weighted by molar-refractivity contribution is 6.09. The lowest BCUT2D eigenvalue weighted by Gasteiger charge is -2.21. The first-order valence-electron chi connectivity index (χ1n) is 14.0. The summed E-state index contributed by atoms with van der Waals surface area (Å²) in [5, 5.41) is 9.31. The summed E-state index contributed by atoms with van der Waals surface area (Å²) in [5.74, 6) is -0.0939. The fraction of sp³-hybridized carbons (Fsp3) is 0.273. The van der Waals surface area contributed by atoms with E-state index in [2.05, 4.69) is 20.9 Å². The molecule has 9 heteroatoms. The molecule has 3 aromatic carbocycles. The highest BCUT2D eigenvalue weighted by atomic mass is 16.6. The van der Waals surface area contributed by atoms with Crippen LogP contribution in [0.25, 0.3) is 22.0 Å². The first-order chi connectivity index (χ1) is 20.1. The number of pyridine rings is 1. The molecular formula is C33H34N4O5. The van der Waals surface area contributed by atoms with E-state index in [1.165, 1.54) is 6.20 Å². The third-order valence-electron chi connectivity index (χ3n) is 6.66. The van der Waals surface area contributed by atoms with E-state index in [0.717, 1.165) is 40.4 Å². The van der Waals surface area contributed by atoms with Crippen LogP contribution in [-0.2, 0) is 9.47 Å². The van der Waals surface area contributed by atoms with E-state index < -0.39 is 17.8 Å². The molecule has 5 rings (SSSR count). The second-order valence-corrected chi connectivity index (χ2v) is 11.1. The molecule has 4 aromatic rings. The molecule has 1 saturated carbocycles. The van der Waals surface area contributed by atoms with Gasteiger partial charge in [0.15, 0.2) is 0 Å². The first-order valence-corrected chi connectivity index (χ1v) is 14.0. The van der Waals surface area contributed by atoms with Crippen molar-refractivity contribution in [2.24, 2.45) is 0 Å². The number of fused-ring (bicyclic) bond motifs is 1. The Hall–Kier alpha value is -4.92. The molecule has 3 amide bonds. The Kier molecular flexibility index (Phi) is 8.10. The van der Waals surface area contributed by atoms with Crippen LogP contribution in [0.15, 0.2) is 72.9 Å². The number of carbonyl (C=O) groups excluding carboxylic acids is 3. The molecule has 9 nitrogen and oxygen atoms in total. The number of hydrogen-bond acceptors (Lipinski definition) is 6. The number of amides is 3. The topological polar surface area (TPSA) is 119 Å². The lowest BCUT2D eigenvalue weighted by atomic mass is 10.0. The molecule has 0 bridgehead atoms. The van der Waals surface area contributed by atoms with Gasteiger partial charge in [0.2, 0.25) is 0 Å². The van der Waals surface area contributed by atoms with Gasteiger partial charge in [-0.25, -0.2) is 9.59 Å². The van der Waals surface area contributed by atoms with Crippen molar-refractivity contribution in [1.29, 1.82) is 0 Å². The predicted octanol–water partition coefficient (Wildman–Crippen LogP) is 7.95. The number of hydrogen-bond donors (Lipinski definition) is 3. The Morgan fingerprint density at radius 3 is 2.24 bits per heavy atom. The van der Waals surface area contributed by atoms with Crippen LogP contribution >= 0.6 is 0 Å². The molecule has 0 saturated heterocycles. The van der Waals surface area contributed by atoms with Crippen LogP contribution < -0.4 is 16.0 Å². The van der Waals surface area contributed by atoms with E-state index in [9.17, 15) is 14.4 Å². The van der Waals surface area contributed by atoms with Crippen molar-refractivity contribution in [2.75, 3.05) is 22.6 Å². The van der Waals surface area contributed by atoms with Crippen LogP contribution in [0.1, 0.15) is 62.4 Å². The lowest BCUT2D eigenvalue weighted by molar-refractivity contribution is 0.0635. The lowest BCUT2D eigenvalue weighted by Crippen LogP contribution is -2.27. The van der Waals surface area contributed by atoms with Crippen LogP contribution in [0.4, 0.5) is 26.7 Å². The Labute approximate surface area is 244 Å². The quantitative estimate of drug-likeness (QED) is 0.209. The second kappa shape index (κ2) is 11.9. The number of benzene rings is 3. The minimum Gasteiger partial charge on any atom is -0.450 e. The van der Waals surface area contributed by atoms with Crippen LogP contribution in [0.5, 0.6) is 0 Å². The zero-order valence-electron chi connectivity index (χ0n) is 24.1. The van der Waals surface area contributed by atoms with E-state index in [1.807, 2.05) is 54.6 Å². The Balaban J connectivity index is 1.45. The van der Waals surface area contributed by atoms with E-state index in [1.54, 1.807) is 39.8 Å². The minimum absolute atomic E-state index is 0.276. The molecule has 1 aromatic heterocycles. The van der Waals surface area contributed by atoms with Gasteiger partial charge in [-0.05, 0) is 81.8 Å². The average molecular weight is 567 g/mol. The highest BCUT2D eigenvalue weighted by Crippen LogP contribution is 2.46. The van der Waals surface area contributed by atoms with Crippen molar-refractivity contribution in [3.8, 4) is 11.1 Å². The van der Waals surface area contributed by atoms with Crippen LogP contribution in [0, 0.1) is 0 Å². The molecular weight excluding hydrogens is 532 g/mol. The number of nitrogens with zero attached hydrogens (tertiary/aromatic N) is 1. The van der Waals surface area contributed by atoms with Gasteiger partial charge in [-0.15, -0.1) is 0 Å². The SMILES string of the molecule is CCOC(=O)Nc1ccc2cc(C(=O)Nc3cc(-c4ccccc4)ccc3NC(=O)OC(C)(C)C)cnc2c1C1CC1. The summed E-state index contributed by atoms with van der Waals surface area (Å²) >= 11 is 0. The molecule has 0 radical (unpaired) electrons. The largest absolute Gasteiger partial charge is 0.450 e. The fourth-order valence-electron chi connectivity index (χ4n) is 4.69. The zero-order chi connectivity index (χ0) is 29.9. The Morgan fingerprint density at radius 1 is 0.833 bits per heavy atom. The maximum absolute atomic E-state index is 13.5. The second-order valence-electron chi connectivity index (χ2n) is 11.1. The maximum atomic E-state index is 13.5. The van der Waals surface area contributed by atoms with Crippen LogP contribution in [-0.4, -0.2) is 35.3 Å². The number of aromatic nitrogens is 1. The molecule has 42 heavy (non-hydrogen) atoms. The summed E-state index contributed by atoms with van der Waals surface area (Å²) in [4.78, 5) is 42.8. The van der Waals surface area contributed by atoms with Crippen molar-refractivity contribution in [1.82, 2.24) is 4.98 Å². The Morgan fingerprint density at radius 2 is 1.55 bits per heavy atom. The standard InChI is InChI=1S/C33H34N4O5/c1-5-41-31(39)37-26-16-14-23-17-24(19-34-29(23)28(26)21-11-12-21)30(38)35-27-18-22(20-9-7-6-8-10-20)13-15-25(27)36-32(40)42-33(2,3)4/h6-10,13-19,21H,5,11-12H2,1-4H3,(H,35,38)(H,36,40)(H,37,39). The van der Waals surface area contributed by atoms with Crippen LogP contribution in [0.3, 0.4) is 0 Å². The van der Waals surface area contributed by atoms with Gasteiger partial charge in [-0.1, -0.05) is 42.5 Å². The summed E-state index contributed by atoms with van der Waals surface area (Å²) in [6, 6.07) is 20.6. The molecule has 1 aliphatic rings. The summed E-state index contributed by atoms with van der Waals surface area (Å²) in [6.07, 6.45) is 2.40. The van der Waals surface area contributed by atoms with Crippen molar-refractivity contribution >= 4 is 46.1 Å². The Bertz CT molecular complexity index is 1640. The smallest absolute Gasteiger partial charge is 0.412 e. The van der Waals surface area contributed by atoms with E-state index >= 15 is 0 Å². The van der Waals surface area contributed by atoms with E-state index in [4.69, 9.17) is 9.47 Å². The summed E-state index contributed by atoms with van der Waals surface area (Å²) in [6.45, 7) is 7.38. The number of anilines is 3.